The highest BCUT2D eigenvalue weighted by atomic mass is 16.5. The van der Waals surface area contributed by atoms with Crippen LogP contribution in [0.15, 0.2) is 30.3 Å². The van der Waals surface area contributed by atoms with E-state index in [0.717, 1.165) is 6.54 Å². The monoisotopic (exact) mass is 258 g/mol. The second kappa shape index (κ2) is 6.13. The number of aryl methyl sites for hydroxylation is 1. The van der Waals surface area contributed by atoms with Crippen molar-refractivity contribution in [3.05, 3.63) is 41.7 Å². The Morgan fingerprint density at radius 1 is 1.16 bits per heavy atom. The largest absolute Gasteiger partial charge is 0.467 e. The van der Waals surface area contributed by atoms with E-state index in [1.165, 1.54) is 5.56 Å². The standard InChI is InChI=1S/C14H18N4O/c1-10(12-7-5-4-6-8-12)9-15-13-16-11(2)17-14(18-13)19-3/h4-8,10H,9H2,1-3H3,(H,15,16,17,18). The second-order valence-electron chi connectivity index (χ2n) is 4.39. The summed E-state index contributed by atoms with van der Waals surface area (Å²) in [5.41, 5.74) is 1.28. The Bertz CT molecular complexity index is 530. The van der Waals surface area contributed by atoms with Crippen molar-refractivity contribution >= 4 is 5.95 Å². The summed E-state index contributed by atoms with van der Waals surface area (Å²) < 4.78 is 5.02. The SMILES string of the molecule is COc1nc(C)nc(NCC(C)c2ccccc2)n1. The zero-order valence-electron chi connectivity index (χ0n) is 11.4. The molecule has 19 heavy (non-hydrogen) atoms. The van der Waals surface area contributed by atoms with Crippen LogP contribution in [-0.2, 0) is 0 Å². The van der Waals surface area contributed by atoms with Crippen molar-refractivity contribution in [1.82, 2.24) is 15.0 Å². The Hall–Kier alpha value is -2.17. The van der Waals surface area contributed by atoms with Gasteiger partial charge in [0.1, 0.15) is 5.82 Å². The van der Waals surface area contributed by atoms with Crippen molar-refractivity contribution in [2.45, 2.75) is 19.8 Å². The first-order chi connectivity index (χ1) is 9.19. The van der Waals surface area contributed by atoms with Crippen LogP contribution in [0.4, 0.5) is 5.95 Å². The van der Waals surface area contributed by atoms with Crippen LogP contribution in [0.5, 0.6) is 6.01 Å². The van der Waals surface area contributed by atoms with E-state index in [0.29, 0.717) is 23.7 Å². The van der Waals surface area contributed by atoms with Gasteiger partial charge >= 0.3 is 6.01 Å². The molecule has 0 amide bonds. The van der Waals surface area contributed by atoms with Gasteiger partial charge in [0.25, 0.3) is 0 Å². The van der Waals surface area contributed by atoms with Gasteiger partial charge < -0.3 is 10.1 Å². The topological polar surface area (TPSA) is 59.9 Å². The van der Waals surface area contributed by atoms with Crippen molar-refractivity contribution in [2.75, 3.05) is 19.0 Å². The number of hydrogen-bond acceptors (Lipinski definition) is 5. The first kappa shape index (κ1) is 13.3. The highest BCUT2D eigenvalue weighted by molar-refractivity contribution is 5.28. The molecule has 0 spiro atoms. The Morgan fingerprint density at radius 3 is 2.58 bits per heavy atom. The summed E-state index contributed by atoms with van der Waals surface area (Å²) >= 11 is 0. The minimum atomic E-state index is 0.336. The van der Waals surface area contributed by atoms with Crippen molar-refractivity contribution in [3.8, 4) is 6.01 Å². The molecule has 0 radical (unpaired) electrons. The van der Waals surface area contributed by atoms with Gasteiger partial charge in [-0.05, 0) is 18.4 Å². The number of rotatable bonds is 5. The Labute approximate surface area is 113 Å². The second-order valence-corrected chi connectivity index (χ2v) is 4.39. The fourth-order valence-corrected chi connectivity index (χ4v) is 1.77. The molecule has 2 aromatic rings. The van der Waals surface area contributed by atoms with Gasteiger partial charge in [-0.15, -0.1) is 0 Å². The predicted octanol–water partition coefficient (Wildman–Crippen LogP) is 2.40. The van der Waals surface area contributed by atoms with Gasteiger partial charge in [0.15, 0.2) is 0 Å². The maximum atomic E-state index is 5.02. The van der Waals surface area contributed by atoms with Gasteiger partial charge in [0.05, 0.1) is 7.11 Å². The van der Waals surface area contributed by atoms with Crippen molar-refractivity contribution < 1.29 is 4.74 Å². The number of methoxy groups -OCH3 is 1. The quantitative estimate of drug-likeness (QED) is 0.892. The molecule has 0 saturated carbocycles. The predicted molar refractivity (Wildman–Crippen MR) is 74.5 cm³/mol. The van der Waals surface area contributed by atoms with Crippen LogP contribution in [0.25, 0.3) is 0 Å². The molecule has 100 valence electrons. The van der Waals surface area contributed by atoms with Crippen LogP contribution in [-0.4, -0.2) is 28.6 Å². The van der Waals surface area contributed by atoms with Crippen molar-refractivity contribution in [3.63, 3.8) is 0 Å². The lowest BCUT2D eigenvalue weighted by Gasteiger charge is -2.13. The van der Waals surface area contributed by atoms with Crippen LogP contribution in [0.3, 0.4) is 0 Å². The lowest BCUT2D eigenvalue weighted by atomic mass is 10.0. The zero-order valence-corrected chi connectivity index (χ0v) is 11.4. The summed E-state index contributed by atoms with van der Waals surface area (Å²) in [6.45, 7) is 4.74. The Kier molecular flexibility index (Phi) is 4.28. The molecule has 2 rings (SSSR count). The number of benzene rings is 1. The number of nitrogens with zero attached hydrogens (tertiary/aromatic N) is 3. The molecule has 1 aromatic carbocycles. The van der Waals surface area contributed by atoms with E-state index < -0.39 is 0 Å². The van der Waals surface area contributed by atoms with E-state index in [1.54, 1.807) is 7.11 Å². The van der Waals surface area contributed by atoms with Crippen LogP contribution < -0.4 is 10.1 Å². The average Bonchev–Trinajstić information content (AvgIpc) is 2.45. The molecule has 1 atom stereocenters. The normalized spacial score (nSPS) is 11.9. The summed E-state index contributed by atoms with van der Waals surface area (Å²) in [5.74, 6) is 1.57. The maximum absolute atomic E-state index is 5.02. The van der Waals surface area contributed by atoms with E-state index >= 15 is 0 Å². The third-order valence-electron chi connectivity index (χ3n) is 2.84. The maximum Gasteiger partial charge on any atom is 0.321 e. The molecule has 1 unspecified atom stereocenters. The van der Waals surface area contributed by atoms with Crippen molar-refractivity contribution in [2.24, 2.45) is 0 Å². The molecule has 0 aliphatic rings. The first-order valence-corrected chi connectivity index (χ1v) is 6.24. The van der Waals surface area contributed by atoms with Gasteiger partial charge in [0, 0.05) is 6.54 Å². The molecule has 0 bridgehead atoms. The molecule has 5 heteroatoms. The van der Waals surface area contributed by atoms with Gasteiger partial charge in [-0.3, -0.25) is 0 Å². The summed E-state index contributed by atoms with van der Waals surface area (Å²) in [7, 11) is 1.55. The summed E-state index contributed by atoms with van der Waals surface area (Å²) in [6.07, 6.45) is 0. The lowest BCUT2D eigenvalue weighted by molar-refractivity contribution is 0.377. The average molecular weight is 258 g/mol. The fourth-order valence-electron chi connectivity index (χ4n) is 1.77. The minimum Gasteiger partial charge on any atom is -0.467 e. The van der Waals surface area contributed by atoms with Gasteiger partial charge in [-0.25, -0.2) is 0 Å². The summed E-state index contributed by atoms with van der Waals surface area (Å²) in [5, 5.41) is 3.22. The minimum absolute atomic E-state index is 0.336. The smallest absolute Gasteiger partial charge is 0.321 e. The molecule has 0 fully saturated rings. The van der Waals surface area contributed by atoms with Crippen LogP contribution in [0, 0.1) is 6.92 Å². The van der Waals surface area contributed by atoms with E-state index in [4.69, 9.17) is 4.74 Å². The molecular formula is C14H18N4O. The highest BCUT2D eigenvalue weighted by Crippen LogP contribution is 2.15. The molecule has 1 heterocycles. The highest BCUT2D eigenvalue weighted by Gasteiger charge is 2.07. The molecule has 0 aliphatic heterocycles. The molecule has 1 aromatic heterocycles. The van der Waals surface area contributed by atoms with Crippen LogP contribution in [0.1, 0.15) is 24.2 Å². The summed E-state index contributed by atoms with van der Waals surface area (Å²) in [4.78, 5) is 12.4. The Morgan fingerprint density at radius 2 is 1.89 bits per heavy atom. The first-order valence-electron chi connectivity index (χ1n) is 6.24. The van der Waals surface area contributed by atoms with Crippen LogP contribution >= 0.6 is 0 Å². The van der Waals surface area contributed by atoms with E-state index in [1.807, 2.05) is 25.1 Å². The van der Waals surface area contributed by atoms with E-state index in [2.05, 4.69) is 39.3 Å². The van der Waals surface area contributed by atoms with E-state index in [-0.39, 0.29) is 0 Å². The number of hydrogen-bond donors (Lipinski definition) is 1. The van der Waals surface area contributed by atoms with Crippen LogP contribution in [0.2, 0.25) is 0 Å². The summed E-state index contributed by atoms with van der Waals surface area (Å²) in [6, 6.07) is 10.7. The number of anilines is 1. The van der Waals surface area contributed by atoms with E-state index in [9.17, 15) is 0 Å². The lowest BCUT2D eigenvalue weighted by Crippen LogP contribution is -2.13. The van der Waals surface area contributed by atoms with Crippen molar-refractivity contribution in [1.29, 1.82) is 0 Å². The molecule has 5 nitrogen and oxygen atoms in total. The fraction of sp³-hybridized carbons (Fsp3) is 0.357. The molecular weight excluding hydrogens is 240 g/mol. The zero-order chi connectivity index (χ0) is 13.7. The molecule has 1 N–H and O–H groups in total. The Balaban J connectivity index is 2.01. The van der Waals surface area contributed by atoms with Gasteiger partial charge in [-0.2, -0.15) is 15.0 Å². The molecule has 0 saturated heterocycles. The number of aromatic nitrogens is 3. The van der Waals surface area contributed by atoms with Gasteiger partial charge in [-0.1, -0.05) is 37.3 Å². The number of nitrogens with one attached hydrogen (secondary N) is 1. The van der Waals surface area contributed by atoms with Gasteiger partial charge in [0.2, 0.25) is 5.95 Å². The number of ether oxygens (including phenoxy) is 1. The molecule has 0 aliphatic carbocycles. The third kappa shape index (κ3) is 3.64. The third-order valence-corrected chi connectivity index (χ3v) is 2.84.